The zero-order chi connectivity index (χ0) is 64.8. The number of allylic oxidation sites excluding steroid dienone is 6. The molecule has 0 bridgehead atoms. The zero-order valence-corrected chi connectivity index (χ0v) is 61.1. The summed E-state index contributed by atoms with van der Waals surface area (Å²) in [4.78, 5) is 35.9. The summed E-state index contributed by atoms with van der Waals surface area (Å²) in [5.74, 6) is -0.781. The van der Waals surface area contributed by atoms with Gasteiger partial charge in [0.25, 0.3) is 0 Å². The van der Waals surface area contributed by atoms with Gasteiger partial charge in [0.15, 0.2) is 6.10 Å². The molecule has 0 saturated heterocycles. The molecule has 0 aromatic heterocycles. The van der Waals surface area contributed by atoms with Gasteiger partial charge in [-0.1, -0.05) is 378 Å². The smallest absolute Gasteiger partial charge is 0.462 e. The van der Waals surface area contributed by atoms with Crippen LogP contribution in [-0.2, 0) is 32.7 Å². The normalized spacial score (nSPS) is 13.2. The Hall–Kier alpha value is -1.77. The number of ether oxygens (including phenoxy) is 2. The van der Waals surface area contributed by atoms with Gasteiger partial charge in [-0.25, -0.2) is 4.57 Å². The molecular weight excluding hydrogens is 1120 g/mol. The lowest BCUT2D eigenvalue weighted by Crippen LogP contribution is -2.37. The molecule has 2 atom stereocenters. The van der Waals surface area contributed by atoms with Gasteiger partial charge in [0, 0.05) is 12.8 Å². The number of esters is 2. The highest BCUT2D eigenvalue weighted by molar-refractivity contribution is 7.47. The highest BCUT2D eigenvalue weighted by atomic mass is 31.2. The van der Waals surface area contributed by atoms with Crippen molar-refractivity contribution in [2.45, 2.75) is 412 Å². The Morgan fingerprint density at radius 3 is 0.899 bits per heavy atom. The SMILES string of the molecule is CCCCCCC/C=C\C/C=C\C/C=C\CCCCCCCCCCCCC(=O)OC(COC(=O)CCCCCCCCCCCCCCCCCCCCCCCCCCCCCCCCCCCCCCCCCC)COP(=O)(O)OCC[N+](C)(C)C. The first-order chi connectivity index (χ1) is 43.5. The average Bonchev–Trinajstić information content (AvgIpc) is 3.60. The number of phosphoric ester groups is 1. The molecule has 526 valence electrons. The largest absolute Gasteiger partial charge is 0.472 e. The summed E-state index contributed by atoms with van der Waals surface area (Å²) in [6, 6.07) is 0. The fraction of sp³-hybridized carbons (Fsp3) is 0.899. The van der Waals surface area contributed by atoms with E-state index in [0.29, 0.717) is 23.9 Å². The Balaban J connectivity index is 3.88. The van der Waals surface area contributed by atoms with Gasteiger partial charge in [0.1, 0.15) is 19.8 Å². The fourth-order valence-electron chi connectivity index (χ4n) is 11.9. The maximum atomic E-state index is 12.9. The van der Waals surface area contributed by atoms with Crippen molar-refractivity contribution in [2.24, 2.45) is 0 Å². The number of carbonyl (C=O) groups excluding carboxylic acids is 2. The van der Waals surface area contributed by atoms with Crippen LogP contribution in [0.1, 0.15) is 406 Å². The van der Waals surface area contributed by atoms with Crippen molar-refractivity contribution in [1.29, 1.82) is 0 Å². The van der Waals surface area contributed by atoms with Crippen molar-refractivity contribution >= 4 is 19.8 Å². The Labute approximate surface area is 554 Å². The summed E-state index contributed by atoms with van der Waals surface area (Å²) in [6.07, 6.45) is 91.6. The van der Waals surface area contributed by atoms with Crippen LogP contribution >= 0.6 is 7.82 Å². The quantitative estimate of drug-likeness (QED) is 0.0211. The standard InChI is InChI=1S/C79H152NO8P/c1-6-8-10-12-14-16-18-20-22-24-26-28-30-32-33-34-35-36-37-38-39-40-41-42-43-44-45-46-48-49-51-53-55-57-59-61-63-65-67-69-71-78(81)85-75-77(76-87-89(83,84)86-74-73-80(3,4)5)88-79(82)72-70-68-66-64-62-60-58-56-54-52-50-47-31-29-27-25-23-21-19-17-15-13-11-9-7-2/h19,21,25,27,31,47,77H,6-18,20,22-24,26,28-30,32-46,48-76H2,1-5H3/p+1/b21-19-,27-25-,47-31-. The van der Waals surface area contributed by atoms with E-state index in [2.05, 4.69) is 50.3 Å². The van der Waals surface area contributed by atoms with Gasteiger partial charge in [-0.3, -0.25) is 18.6 Å². The van der Waals surface area contributed by atoms with E-state index in [1.165, 1.54) is 321 Å². The first kappa shape index (κ1) is 87.2. The number of unbranched alkanes of at least 4 members (excludes halogenated alkanes) is 54. The lowest BCUT2D eigenvalue weighted by molar-refractivity contribution is -0.870. The first-order valence-corrected chi connectivity index (χ1v) is 40.7. The summed E-state index contributed by atoms with van der Waals surface area (Å²) in [7, 11) is 1.49. The molecule has 0 rings (SSSR count). The number of nitrogens with zero attached hydrogens (tertiary/aromatic N) is 1. The van der Waals surface area contributed by atoms with Crippen LogP contribution in [0.15, 0.2) is 36.5 Å². The molecular formula is C79H153NO8P+. The van der Waals surface area contributed by atoms with Crippen LogP contribution in [0.3, 0.4) is 0 Å². The van der Waals surface area contributed by atoms with E-state index in [-0.39, 0.29) is 25.6 Å². The van der Waals surface area contributed by atoms with Gasteiger partial charge in [-0.05, 0) is 51.4 Å². The van der Waals surface area contributed by atoms with Crippen LogP contribution in [0.25, 0.3) is 0 Å². The van der Waals surface area contributed by atoms with Crippen molar-refractivity contribution in [3.63, 3.8) is 0 Å². The van der Waals surface area contributed by atoms with Crippen LogP contribution in [0.5, 0.6) is 0 Å². The van der Waals surface area contributed by atoms with Crippen LogP contribution in [0, 0.1) is 0 Å². The number of phosphoric acid groups is 1. The van der Waals surface area contributed by atoms with Crippen molar-refractivity contribution in [1.82, 2.24) is 0 Å². The summed E-state index contributed by atoms with van der Waals surface area (Å²) in [5, 5.41) is 0. The summed E-state index contributed by atoms with van der Waals surface area (Å²) in [5.41, 5.74) is 0. The number of rotatable bonds is 74. The molecule has 0 amide bonds. The van der Waals surface area contributed by atoms with Crippen LogP contribution in [0.2, 0.25) is 0 Å². The van der Waals surface area contributed by atoms with Gasteiger partial charge in [-0.15, -0.1) is 0 Å². The number of hydrogen-bond acceptors (Lipinski definition) is 7. The molecule has 0 aliphatic heterocycles. The number of likely N-dealkylation sites (N-methyl/N-ethyl adjacent to an activating group) is 1. The van der Waals surface area contributed by atoms with Gasteiger partial charge in [0.05, 0.1) is 27.7 Å². The van der Waals surface area contributed by atoms with Crippen molar-refractivity contribution in [2.75, 3.05) is 47.5 Å². The van der Waals surface area contributed by atoms with E-state index in [0.717, 1.165) is 51.4 Å². The molecule has 10 heteroatoms. The van der Waals surface area contributed by atoms with Crippen LogP contribution in [-0.4, -0.2) is 74.9 Å². The third-order valence-corrected chi connectivity index (χ3v) is 18.9. The number of quaternary nitrogens is 1. The topological polar surface area (TPSA) is 108 Å². The van der Waals surface area contributed by atoms with E-state index in [4.69, 9.17) is 18.5 Å². The van der Waals surface area contributed by atoms with E-state index in [1.54, 1.807) is 0 Å². The maximum absolute atomic E-state index is 12.9. The van der Waals surface area contributed by atoms with Crippen LogP contribution < -0.4 is 0 Å². The molecule has 0 radical (unpaired) electrons. The number of hydrogen-bond donors (Lipinski definition) is 1. The van der Waals surface area contributed by atoms with Gasteiger partial charge in [-0.2, -0.15) is 0 Å². The van der Waals surface area contributed by atoms with Crippen molar-refractivity contribution in [3.05, 3.63) is 36.5 Å². The van der Waals surface area contributed by atoms with E-state index in [9.17, 15) is 19.0 Å². The van der Waals surface area contributed by atoms with Gasteiger partial charge < -0.3 is 18.9 Å². The highest BCUT2D eigenvalue weighted by Gasteiger charge is 2.27. The molecule has 0 aliphatic carbocycles. The summed E-state index contributed by atoms with van der Waals surface area (Å²) < 4.78 is 34.8. The monoisotopic (exact) mass is 1280 g/mol. The van der Waals surface area contributed by atoms with Gasteiger partial charge in [0.2, 0.25) is 0 Å². The molecule has 0 fully saturated rings. The minimum absolute atomic E-state index is 0.0327. The molecule has 89 heavy (non-hydrogen) atoms. The Morgan fingerprint density at radius 1 is 0.348 bits per heavy atom. The second kappa shape index (κ2) is 70.5. The molecule has 1 N–H and O–H groups in total. The minimum Gasteiger partial charge on any atom is -0.462 e. The minimum atomic E-state index is -4.39. The van der Waals surface area contributed by atoms with Gasteiger partial charge >= 0.3 is 19.8 Å². The Morgan fingerprint density at radius 2 is 0.607 bits per heavy atom. The maximum Gasteiger partial charge on any atom is 0.472 e. The highest BCUT2D eigenvalue weighted by Crippen LogP contribution is 2.43. The van der Waals surface area contributed by atoms with Crippen LogP contribution in [0.4, 0.5) is 0 Å². The second-order valence-electron chi connectivity index (χ2n) is 28.1. The molecule has 0 aromatic rings. The zero-order valence-electron chi connectivity index (χ0n) is 60.2. The molecule has 0 aromatic carbocycles. The fourth-order valence-corrected chi connectivity index (χ4v) is 12.7. The van der Waals surface area contributed by atoms with Crippen molar-refractivity contribution < 1.29 is 42.1 Å². The third-order valence-electron chi connectivity index (χ3n) is 17.9. The molecule has 0 saturated carbocycles. The second-order valence-corrected chi connectivity index (χ2v) is 29.6. The lowest BCUT2D eigenvalue weighted by Gasteiger charge is -2.24. The van der Waals surface area contributed by atoms with Crippen molar-refractivity contribution in [3.8, 4) is 0 Å². The Bertz CT molecular complexity index is 1590. The number of carbonyl (C=O) groups is 2. The Kier molecular flexibility index (Phi) is 69.1. The molecule has 2 unspecified atom stereocenters. The lowest BCUT2D eigenvalue weighted by atomic mass is 10.0. The predicted molar refractivity (Wildman–Crippen MR) is 386 cm³/mol. The molecule has 0 aliphatic rings. The third kappa shape index (κ3) is 75.1. The first-order valence-electron chi connectivity index (χ1n) is 39.2. The molecule has 0 heterocycles. The van der Waals surface area contributed by atoms with E-state index in [1.807, 2.05) is 21.1 Å². The predicted octanol–water partition coefficient (Wildman–Crippen LogP) is 25.8. The molecule has 9 nitrogen and oxygen atoms in total. The average molecular weight is 1280 g/mol. The molecule has 0 spiro atoms. The van der Waals surface area contributed by atoms with E-state index < -0.39 is 26.5 Å². The summed E-state index contributed by atoms with van der Waals surface area (Å²) >= 11 is 0. The summed E-state index contributed by atoms with van der Waals surface area (Å²) in [6.45, 7) is 4.49. The van der Waals surface area contributed by atoms with E-state index >= 15 is 0 Å².